The molecule has 0 unspecified atom stereocenters. The molecule has 2 N–H and O–H groups in total. The third kappa shape index (κ3) is 4.97. The van der Waals surface area contributed by atoms with Crippen molar-refractivity contribution in [3.05, 3.63) is 53.6 Å². The Hall–Kier alpha value is -3.02. The maximum absolute atomic E-state index is 12.2. The summed E-state index contributed by atoms with van der Waals surface area (Å²) in [5.74, 6) is 1.17. The van der Waals surface area contributed by atoms with Gasteiger partial charge in [0, 0.05) is 24.7 Å². The number of hydrogen-bond donors (Lipinski definition) is 2. The van der Waals surface area contributed by atoms with Gasteiger partial charge in [-0.2, -0.15) is 0 Å². The number of ether oxygens (including phenoxy) is 2. The van der Waals surface area contributed by atoms with Crippen LogP contribution in [0, 0.1) is 0 Å². The average Bonchev–Trinajstić information content (AvgIpc) is 2.66. The van der Waals surface area contributed by atoms with E-state index < -0.39 is 0 Å². The van der Waals surface area contributed by atoms with E-state index in [9.17, 15) is 9.59 Å². The molecule has 25 heavy (non-hydrogen) atoms. The van der Waals surface area contributed by atoms with Gasteiger partial charge >= 0.3 is 0 Å². The first-order valence-electron chi connectivity index (χ1n) is 7.90. The lowest BCUT2D eigenvalue weighted by Crippen LogP contribution is -2.18. The molecule has 0 saturated carbocycles. The fourth-order valence-corrected chi connectivity index (χ4v) is 2.40. The van der Waals surface area contributed by atoms with Crippen molar-refractivity contribution in [1.82, 2.24) is 5.32 Å². The molecule has 6 heteroatoms. The summed E-state index contributed by atoms with van der Waals surface area (Å²) in [5, 5.41) is 5.37. The maximum Gasteiger partial charge on any atom is 0.251 e. The number of rotatable bonds is 7. The highest BCUT2D eigenvalue weighted by molar-refractivity contribution is 5.95. The average molecular weight is 342 g/mol. The van der Waals surface area contributed by atoms with Crippen LogP contribution in [-0.2, 0) is 11.2 Å². The van der Waals surface area contributed by atoms with Crippen LogP contribution in [0.4, 0.5) is 5.69 Å². The molecular formula is C19H22N2O4. The van der Waals surface area contributed by atoms with Crippen LogP contribution in [0.25, 0.3) is 0 Å². The third-order valence-electron chi connectivity index (χ3n) is 3.77. The van der Waals surface area contributed by atoms with Crippen molar-refractivity contribution in [3.8, 4) is 11.5 Å². The zero-order chi connectivity index (χ0) is 18.2. The Labute approximate surface area is 147 Å². The van der Waals surface area contributed by atoms with Crippen molar-refractivity contribution < 1.29 is 19.1 Å². The Balaban J connectivity index is 1.96. The van der Waals surface area contributed by atoms with E-state index in [0.717, 1.165) is 17.1 Å². The van der Waals surface area contributed by atoms with Gasteiger partial charge in [-0.1, -0.05) is 0 Å². The molecule has 2 aromatic carbocycles. The normalized spacial score (nSPS) is 10.0. The molecule has 0 fully saturated rings. The van der Waals surface area contributed by atoms with Crippen LogP contribution in [0.5, 0.6) is 11.5 Å². The molecule has 0 saturated heterocycles. The first-order valence-corrected chi connectivity index (χ1v) is 7.90. The predicted octanol–water partition coefficient (Wildman–Crippen LogP) is 2.63. The van der Waals surface area contributed by atoms with Gasteiger partial charge in [0.1, 0.15) is 11.5 Å². The molecule has 0 aliphatic rings. The lowest BCUT2D eigenvalue weighted by molar-refractivity contribution is -0.116. The Morgan fingerprint density at radius 3 is 2.32 bits per heavy atom. The topological polar surface area (TPSA) is 76.7 Å². The van der Waals surface area contributed by atoms with E-state index in [1.165, 1.54) is 0 Å². The number of hydrogen-bond acceptors (Lipinski definition) is 4. The van der Waals surface area contributed by atoms with Crippen molar-refractivity contribution in [3.63, 3.8) is 0 Å². The Bertz CT molecular complexity index is 742. The molecule has 132 valence electrons. The van der Waals surface area contributed by atoms with Crippen LogP contribution < -0.4 is 20.1 Å². The molecule has 0 heterocycles. The Morgan fingerprint density at radius 1 is 1.00 bits per heavy atom. The fraction of sp³-hybridized carbons (Fsp3) is 0.263. The molecule has 0 aromatic heterocycles. The Morgan fingerprint density at radius 2 is 1.72 bits per heavy atom. The second-order valence-electron chi connectivity index (χ2n) is 5.38. The van der Waals surface area contributed by atoms with E-state index in [2.05, 4.69) is 10.6 Å². The van der Waals surface area contributed by atoms with E-state index >= 15 is 0 Å². The highest BCUT2D eigenvalue weighted by Gasteiger charge is 2.09. The quantitative estimate of drug-likeness (QED) is 0.811. The predicted molar refractivity (Wildman–Crippen MR) is 96.3 cm³/mol. The minimum atomic E-state index is -0.164. The van der Waals surface area contributed by atoms with Crippen molar-refractivity contribution in [2.45, 2.75) is 12.8 Å². The molecule has 6 nitrogen and oxygen atoms in total. The molecule has 0 aliphatic carbocycles. The molecule has 2 aromatic rings. The fourth-order valence-electron chi connectivity index (χ4n) is 2.40. The summed E-state index contributed by atoms with van der Waals surface area (Å²) in [7, 11) is 4.77. The minimum absolute atomic E-state index is 0.113. The lowest BCUT2D eigenvalue weighted by Gasteiger charge is -2.11. The molecule has 0 radical (unpaired) electrons. The number of amides is 2. The van der Waals surface area contributed by atoms with E-state index in [-0.39, 0.29) is 11.8 Å². The van der Waals surface area contributed by atoms with Gasteiger partial charge in [-0.25, -0.2) is 0 Å². The van der Waals surface area contributed by atoms with Gasteiger partial charge in [-0.05, 0) is 54.4 Å². The minimum Gasteiger partial charge on any atom is -0.497 e. The van der Waals surface area contributed by atoms with Gasteiger partial charge in [-0.15, -0.1) is 0 Å². The lowest BCUT2D eigenvalue weighted by atomic mass is 10.1. The van der Waals surface area contributed by atoms with Crippen molar-refractivity contribution in [2.24, 2.45) is 0 Å². The number of methoxy groups -OCH3 is 2. The van der Waals surface area contributed by atoms with Crippen molar-refractivity contribution in [1.29, 1.82) is 0 Å². The third-order valence-corrected chi connectivity index (χ3v) is 3.77. The van der Waals surface area contributed by atoms with Crippen molar-refractivity contribution >= 4 is 17.5 Å². The van der Waals surface area contributed by atoms with Crippen LogP contribution in [0.15, 0.2) is 42.5 Å². The molecule has 0 aliphatic heterocycles. The summed E-state index contributed by atoms with van der Waals surface area (Å²) in [6, 6.07) is 12.2. The smallest absolute Gasteiger partial charge is 0.251 e. The summed E-state index contributed by atoms with van der Waals surface area (Å²) in [4.78, 5) is 23.7. The first-order chi connectivity index (χ1) is 12.1. The Kier molecular flexibility index (Phi) is 6.39. The van der Waals surface area contributed by atoms with E-state index in [0.29, 0.717) is 24.1 Å². The second kappa shape index (κ2) is 8.73. The number of benzene rings is 2. The van der Waals surface area contributed by atoms with Gasteiger partial charge in [-0.3, -0.25) is 9.59 Å². The first kappa shape index (κ1) is 18.3. The van der Waals surface area contributed by atoms with Gasteiger partial charge < -0.3 is 20.1 Å². The number of carbonyl (C=O) groups is 2. The van der Waals surface area contributed by atoms with Crippen LogP contribution in [-0.4, -0.2) is 33.1 Å². The monoisotopic (exact) mass is 342 g/mol. The van der Waals surface area contributed by atoms with Gasteiger partial charge in [0.2, 0.25) is 5.91 Å². The van der Waals surface area contributed by atoms with Gasteiger partial charge in [0.15, 0.2) is 0 Å². The van der Waals surface area contributed by atoms with Gasteiger partial charge in [0.25, 0.3) is 5.91 Å². The zero-order valence-corrected chi connectivity index (χ0v) is 14.6. The SMILES string of the molecule is CNC(=O)c1ccc(NC(=O)CCc2cc(OC)ccc2OC)cc1. The van der Waals surface area contributed by atoms with Crippen LogP contribution in [0.2, 0.25) is 0 Å². The number of carbonyl (C=O) groups excluding carboxylic acids is 2. The summed E-state index contributed by atoms with van der Waals surface area (Å²) in [6.07, 6.45) is 0.837. The van der Waals surface area contributed by atoms with E-state index in [1.807, 2.05) is 18.2 Å². The number of nitrogens with one attached hydrogen (secondary N) is 2. The zero-order valence-electron chi connectivity index (χ0n) is 14.6. The van der Waals surface area contributed by atoms with E-state index in [4.69, 9.17) is 9.47 Å². The molecule has 0 atom stereocenters. The van der Waals surface area contributed by atoms with Crippen LogP contribution in [0.1, 0.15) is 22.3 Å². The summed E-state index contributed by atoms with van der Waals surface area (Å²) < 4.78 is 10.5. The highest BCUT2D eigenvalue weighted by Crippen LogP contribution is 2.25. The molecule has 0 bridgehead atoms. The van der Waals surface area contributed by atoms with E-state index in [1.54, 1.807) is 45.5 Å². The standard InChI is InChI=1S/C19H22N2O4/c1-20-19(23)13-4-7-15(8-5-13)21-18(22)11-6-14-12-16(24-2)9-10-17(14)25-3/h4-5,7-10,12H,6,11H2,1-3H3,(H,20,23)(H,21,22). The summed E-state index contributed by atoms with van der Waals surface area (Å²) in [5.41, 5.74) is 2.10. The number of anilines is 1. The summed E-state index contributed by atoms with van der Waals surface area (Å²) >= 11 is 0. The van der Waals surface area contributed by atoms with Gasteiger partial charge in [0.05, 0.1) is 14.2 Å². The van der Waals surface area contributed by atoms with Crippen molar-refractivity contribution in [2.75, 3.05) is 26.6 Å². The molecular weight excluding hydrogens is 320 g/mol. The van der Waals surface area contributed by atoms with Crippen LogP contribution >= 0.6 is 0 Å². The highest BCUT2D eigenvalue weighted by atomic mass is 16.5. The number of aryl methyl sites for hydroxylation is 1. The second-order valence-corrected chi connectivity index (χ2v) is 5.38. The summed E-state index contributed by atoms with van der Waals surface area (Å²) in [6.45, 7) is 0. The molecule has 2 rings (SSSR count). The van der Waals surface area contributed by atoms with Crippen LogP contribution in [0.3, 0.4) is 0 Å². The molecule has 2 amide bonds. The molecule has 0 spiro atoms. The largest absolute Gasteiger partial charge is 0.497 e. The maximum atomic E-state index is 12.2.